The molecule has 366 valence electrons. The number of unbranched alkanes of at least 4 members (excludes halogenated alkanes) is 4. The van der Waals surface area contributed by atoms with Crippen LogP contribution in [0.2, 0.25) is 0 Å². The van der Waals surface area contributed by atoms with E-state index in [1.807, 2.05) is 6.07 Å². The van der Waals surface area contributed by atoms with Gasteiger partial charge >= 0.3 is 18.3 Å². The number of rotatable bonds is 21. The predicted octanol–water partition coefficient (Wildman–Crippen LogP) is 7.84. The number of carboxylic acid groups (broad SMARTS) is 2. The number of carboxylic acids is 2. The monoisotopic (exact) mass is 945 g/mol. The van der Waals surface area contributed by atoms with Crippen molar-refractivity contribution >= 4 is 41.2 Å². The third-order valence-electron chi connectivity index (χ3n) is 10.6. The number of piperidine rings is 1. The van der Waals surface area contributed by atoms with E-state index in [1.54, 1.807) is 0 Å². The number of alkyl halides is 6. The molecule has 0 spiro atoms. The van der Waals surface area contributed by atoms with Crippen molar-refractivity contribution in [1.29, 1.82) is 0 Å². The van der Waals surface area contributed by atoms with Gasteiger partial charge in [-0.1, -0.05) is 67.8 Å². The van der Waals surface area contributed by atoms with Gasteiger partial charge < -0.3 is 35.3 Å². The third kappa shape index (κ3) is 20.1. The Balaban J connectivity index is 0.000000737. The number of hydrogen-bond donors (Lipinski definition) is 3. The zero-order valence-electron chi connectivity index (χ0n) is 38.4. The summed E-state index contributed by atoms with van der Waals surface area (Å²) >= 11 is 0. The van der Waals surface area contributed by atoms with Crippen molar-refractivity contribution in [2.24, 2.45) is 0 Å². The SMILES string of the molecule is Cc1cc(/C=C/C=C/c2ccc(N(C)C)cc2)cc(C)[n+]1CCCCCCCNc1c(NCCCOc2cccc(CN3CCCCC3)c2)c(=O)c1=O.O=C(O)C(F)(F)F.O=C([O-])C(F)(F)F. The molecule has 1 aliphatic rings. The molecule has 0 unspecified atom stereocenters. The van der Waals surface area contributed by atoms with Gasteiger partial charge in [0.25, 0.3) is 10.9 Å². The van der Waals surface area contributed by atoms with Gasteiger partial charge in [-0.15, -0.1) is 0 Å². The number of halogens is 6. The molecule has 0 aliphatic carbocycles. The number of aromatic nitrogens is 1. The minimum Gasteiger partial charge on any atom is -0.542 e. The highest BCUT2D eigenvalue weighted by Gasteiger charge is 2.38. The summed E-state index contributed by atoms with van der Waals surface area (Å²) in [7, 11) is 4.11. The fourth-order valence-electron chi connectivity index (χ4n) is 7.08. The number of benzene rings is 2. The first-order chi connectivity index (χ1) is 31.7. The van der Waals surface area contributed by atoms with E-state index in [1.165, 1.54) is 66.1 Å². The molecule has 3 aromatic carbocycles. The Morgan fingerprint density at radius 1 is 0.761 bits per heavy atom. The molecule has 18 heteroatoms. The summed E-state index contributed by atoms with van der Waals surface area (Å²) in [6, 6.07) is 21.4. The van der Waals surface area contributed by atoms with Crippen molar-refractivity contribution in [2.45, 2.75) is 97.1 Å². The summed E-state index contributed by atoms with van der Waals surface area (Å²) < 4.78 is 71.7. The standard InChI is InChI=1S/C45H59N5O3.2C2HF3O2/c1-35-31-38(18-10-9-17-37-21-23-40(24-22-37)48(3)4)32-36(2)50(35)29-14-7-5-6-11-25-46-42-43(45(52)44(42)51)47-26-16-30-53-41-20-15-19-39(33-41)34-49-27-12-8-13-28-49;2*3-2(4,5)1(6)7/h9-10,15,17-24,31-33H,5-8,11-14,16,25-30,34H2,1-4H3,(H-,46,47,51,52);2*(H,6,7). The van der Waals surface area contributed by atoms with E-state index >= 15 is 0 Å². The van der Waals surface area contributed by atoms with Crippen LogP contribution in [-0.2, 0) is 22.7 Å². The molecule has 0 amide bonds. The number of carbonyl (C=O) groups is 2. The van der Waals surface area contributed by atoms with E-state index in [9.17, 15) is 35.9 Å². The summed E-state index contributed by atoms with van der Waals surface area (Å²) in [5, 5.41) is 22.3. The zero-order valence-corrected chi connectivity index (χ0v) is 38.4. The maximum Gasteiger partial charge on any atom is 0.490 e. The van der Waals surface area contributed by atoms with E-state index in [2.05, 4.69) is 132 Å². The first-order valence-corrected chi connectivity index (χ1v) is 22.1. The van der Waals surface area contributed by atoms with Crippen LogP contribution in [0.5, 0.6) is 5.75 Å². The van der Waals surface area contributed by atoms with Crippen molar-refractivity contribution < 1.29 is 55.4 Å². The van der Waals surface area contributed by atoms with Crippen LogP contribution in [0.3, 0.4) is 0 Å². The molecule has 1 saturated heterocycles. The molecule has 0 bridgehead atoms. The van der Waals surface area contributed by atoms with Crippen molar-refractivity contribution in [3.63, 3.8) is 0 Å². The average molecular weight is 946 g/mol. The Morgan fingerprint density at radius 2 is 1.28 bits per heavy atom. The Kier molecular flexibility index (Phi) is 22.6. The summed E-state index contributed by atoms with van der Waals surface area (Å²) in [5.74, 6) is -4.88. The second-order valence-corrected chi connectivity index (χ2v) is 16.2. The molecule has 12 nitrogen and oxygen atoms in total. The number of carbonyl (C=O) groups excluding carboxylic acids is 1. The highest BCUT2D eigenvalue weighted by Crippen LogP contribution is 2.20. The van der Waals surface area contributed by atoms with E-state index in [4.69, 9.17) is 24.5 Å². The van der Waals surface area contributed by atoms with Gasteiger partial charge in [-0.3, -0.25) is 14.5 Å². The van der Waals surface area contributed by atoms with Crippen LogP contribution in [0.25, 0.3) is 12.2 Å². The van der Waals surface area contributed by atoms with Crippen molar-refractivity contribution in [3.8, 4) is 5.75 Å². The summed E-state index contributed by atoms with van der Waals surface area (Å²) in [4.78, 5) is 46.8. The van der Waals surface area contributed by atoms with Gasteiger partial charge in [0.1, 0.15) is 29.6 Å². The molecule has 0 atom stereocenters. The van der Waals surface area contributed by atoms with Gasteiger partial charge in [-0.2, -0.15) is 26.3 Å². The van der Waals surface area contributed by atoms with E-state index < -0.39 is 35.1 Å². The summed E-state index contributed by atoms with van der Waals surface area (Å²) in [6.07, 6.45) is 8.34. The molecule has 4 aromatic rings. The molecule has 0 radical (unpaired) electrons. The lowest BCUT2D eigenvalue weighted by Crippen LogP contribution is -2.40. The smallest absolute Gasteiger partial charge is 0.490 e. The number of hydrogen-bond acceptors (Lipinski definition) is 10. The second-order valence-electron chi connectivity index (χ2n) is 16.2. The highest BCUT2D eigenvalue weighted by molar-refractivity contribution is 5.74. The van der Waals surface area contributed by atoms with Gasteiger partial charge in [-0.25, -0.2) is 9.36 Å². The average Bonchev–Trinajstić information content (AvgIpc) is 3.27. The first kappa shape index (κ1) is 55.2. The largest absolute Gasteiger partial charge is 0.542 e. The van der Waals surface area contributed by atoms with Crippen LogP contribution in [0.15, 0.2) is 82.4 Å². The lowest BCUT2D eigenvalue weighted by atomic mass is 10.1. The van der Waals surface area contributed by atoms with E-state index in [0.717, 1.165) is 57.4 Å². The predicted molar refractivity (Wildman–Crippen MR) is 247 cm³/mol. The normalized spacial score (nSPS) is 13.2. The molecule has 3 N–H and O–H groups in total. The summed E-state index contributed by atoms with van der Waals surface area (Å²) in [6.45, 7) is 10.5. The van der Waals surface area contributed by atoms with E-state index in [-0.39, 0.29) is 0 Å². The van der Waals surface area contributed by atoms with Gasteiger partial charge in [0, 0.05) is 71.8 Å². The fourth-order valence-corrected chi connectivity index (χ4v) is 7.08. The zero-order chi connectivity index (χ0) is 49.6. The highest BCUT2D eigenvalue weighted by atomic mass is 19.4. The van der Waals surface area contributed by atoms with Gasteiger partial charge in [0.2, 0.25) is 0 Å². The molecular formula is C49H61F6N5O7. The Hall–Kier alpha value is -6.17. The van der Waals surface area contributed by atoms with E-state index in [0.29, 0.717) is 31.1 Å². The van der Waals surface area contributed by atoms with Crippen LogP contribution in [0.1, 0.15) is 85.9 Å². The van der Waals surface area contributed by atoms with Crippen molar-refractivity contribution in [2.75, 3.05) is 62.4 Å². The number of ether oxygens (including phenoxy) is 1. The molecule has 67 heavy (non-hydrogen) atoms. The van der Waals surface area contributed by atoms with Crippen molar-refractivity contribution in [1.82, 2.24) is 4.90 Å². The maximum atomic E-state index is 12.2. The Labute approximate surface area is 387 Å². The lowest BCUT2D eigenvalue weighted by molar-refractivity contribution is -0.709. The number of nitrogens with zero attached hydrogens (tertiary/aromatic N) is 3. The van der Waals surface area contributed by atoms with Gasteiger partial charge in [0.05, 0.1) is 6.61 Å². The van der Waals surface area contributed by atoms with Crippen LogP contribution in [-0.4, -0.2) is 81.2 Å². The number of pyridine rings is 1. The van der Waals surface area contributed by atoms with Gasteiger partial charge in [0.15, 0.2) is 11.4 Å². The van der Waals surface area contributed by atoms with Crippen molar-refractivity contribution in [3.05, 3.63) is 121 Å². The number of aryl methyl sites for hydroxylation is 2. The minimum absolute atomic E-state index is 0.416. The molecule has 5 rings (SSSR count). The second kappa shape index (κ2) is 27.5. The molecule has 0 saturated carbocycles. The molecule has 2 heterocycles. The number of aliphatic carboxylic acids is 2. The molecular weight excluding hydrogens is 885 g/mol. The Morgan fingerprint density at radius 3 is 1.82 bits per heavy atom. The van der Waals surface area contributed by atoms with Crippen LogP contribution in [0.4, 0.5) is 43.4 Å². The fraction of sp³-hybridized carbons (Fsp3) is 0.449. The maximum absolute atomic E-state index is 12.2. The van der Waals surface area contributed by atoms with Crippen LogP contribution >= 0.6 is 0 Å². The third-order valence-corrected chi connectivity index (χ3v) is 10.6. The lowest BCUT2D eigenvalue weighted by Gasteiger charge is -2.26. The molecule has 1 aromatic heterocycles. The quantitative estimate of drug-likeness (QED) is 0.0246. The number of anilines is 3. The topological polar surface area (TPSA) is 155 Å². The molecule has 1 aliphatic heterocycles. The molecule has 1 fully saturated rings. The first-order valence-electron chi connectivity index (χ1n) is 22.1. The number of nitrogens with one attached hydrogen (secondary N) is 2. The summed E-state index contributed by atoms with van der Waals surface area (Å²) in [5.41, 5.74) is 7.45. The number of likely N-dealkylation sites (tertiary alicyclic amines) is 1. The van der Waals surface area contributed by atoms with Crippen LogP contribution < -0.4 is 40.8 Å². The Bertz CT molecular complexity index is 2250. The van der Waals surface area contributed by atoms with Gasteiger partial charge in [-0.05, 0) is 86.1 Å². The number of allylic oxidation sites excluding steroid dienone is 2. The minimum atomic E-state index is -5.19. The van der Waals surface area contributed by atoms with Crippen LogP contribution in [0, 0.1) is 13.8 Å².